The second-order valence-corrected chi connectivity index (χ2v) is 7.10. The quantitative estimate of drug-likeness (QED) is 0.759. The van der Waals surface area contributed by atoms with E-state index in [1.54, 1.807) is 12.4 Å². The standard InChI is InChI=1S/C22H23N5O/c1-26(2)19-9-7-18(8-10-19)25-21-14-23-20(13-24-21)22(28)27-12-11-16-5-3-4-6-17(16)15-27/h3-10,13-14H,11-12,15H2,1-2H3,(H,24,25). The minimum atomic E-state index is -0.0797. The summed E-state index contributed by atoms with van der Waals surface area (Å²) < 4.78 is 0. The molecule has 6 nitrogen and oxygen atoms in total. The van der Waals surface area contributed by atoms with Crippen molar-refractivity contribution in [1.82, 2.24) is 14.9 Å². The average Bonchev–Trinajstić information content (AvgIpc) is 2.74. The van der Waals surface area contributed by atoms with Crippen molar-refractivity contribution in [2.45, 2.75) is 13.0 Å². The molecule has 3 aromatic rings. The summed E-state index contributed by atoms with van der Waals surface area (Å²) in [6, 6.07) is 16.3. The maximum atomic E-state index is 12.8. The molecule has 0 spiro atoms. The zero-order chi connectivity index (χ0) is 19.5. The van der Waals surface area contributed by atoms with Crippen LogP contribution in [0.15, 0.2) is 60.9 Å². The summed E-state index contributed by atoms with van der Waals surface area (Å²) in [7, 11) is 4.01. The van der Waals surface area contributed by atoms with Gasteiger partial charge in [0.15, 0.2) is 0 Å². The highest BCUT2D eigenvalue weighted by Crippen LogP contribution is 2.21. The molecule has 0 aliphatic carbocycles. The number of anilines is 3. The Morgan fingerprint density at radius 2 is 1.75 bits per heavy atom. The van der Waals surface area contributed by atoms with Crippen LogP contribution >= 0.6 is 0 Å². The molecule has 1 aliphatic heterocycles. The lowest BCUT2D eigenvalue weighted by molar-refractivity contribution is 0.0728. The first-order valence-corrected chi connectivity index (χ1v) is 9.33. The Morgan fingerprint density at radius 1 is 1.00 bits per heavy atom. The molecular weight excluding hydrogens is 350 g/mol. The highest BCUT2D eigenvalue weighted by molar-refractivity contribution is 5.92. The van der Waals surface area contributed by atoms with Crippen LogP contribution in [0.4, 0.5) is 17.2 Å². The summed E-state index contributed by atoms with van der Waals surface area (Å²) in [5, 5.41) is 3.21. The number of rotatable bonds is 4. The van der Waals surface area contributed by atoms with Gasteiger partial charge >= 0.3 is 0 Å². The van der Waals surface area contributed by atoms with Crippen LogP contribution in [-0.2, 0) is 13.0 Å². The van der Waals surface area contributed by atoms with E-state index in [0.29, 0.717) is 24.6 Å². The van der Waals surface area contributed by atoms with Gasteiger partial charge in [-0.2, -0.15) is 0 Å². The number of benzene rings is 2. The average molecular weight is 373 g/mol. The highest BCUT2D eigenvalue weighted by Gasteiger charge is 2.22. The van der Waals surface area contributed by atoms with Crippen molar-refractivity contribution in [2.24, 2.45) is 0 Å². The number of fused-ring (bicyclic) bond motifs is 1. The Balaban J connectivity index is 1.42. The lowest BCUT2D eigenvalue weighted by Gasteiger charge is -2.28. The molecule has 0 unspecified atom stereocenters. The first-order chi connectivity index (χ1) is 13.6. The number of hydrogen-bond donors (Lipinski definition) is 1. The van der Waals surface area contributed by atoms with E-state index >= 15 is 0 Å². The van der Waals surface area contributed by atoms with E-state index < -0.39 is 0 Å². The molecular formula is C22H23N5O. The predicted octanol–water partition coefficient (Wildman–Crippen LogP) is 3.48. The Bertz CT molecular complexity index is 967. The largest absolute Gasteiger partial charge is 0.378 e. The van der Waals surface area contributed by atoms with Gasteiger partial charge in [0.25, 0.3) is 5.91 Å². The summed E-state index contributed by atoms with van der Waals surface area (Å²) in [6.45, 7) is 1.32. The van der Waals surface area contributed by atoms with Crippen LogP contribution in [0.2, 0.25) is 0 Å². The zero-order valence-electron chi connectivity index (χ0n) is 16.1. The van der Waals surface area contributed by atoms with Gasteiger partial charge in [-0.25, -0.2) is 9.97 Å². The van der Waals surface area contributed by atoms with Crippen molar-refractivity contribution < 1.29 is 4.79 Å². The summed E-state index contributed by atoms with van der Waals surface area (Å²) in [6.07, 6.45) is 4.02. The van der Waals surface area contributed by atoms with Gasteiger partial charge in [0.2, 0.25) is 0 Å². The van der Waals surface area contributed by atoms with E-state index in [9.17, 15) is 4.79 Å². The van der Waals surface area contributed by atoms with Gasteiger partial charge in [-0.3, -0.25) is 4.79 Å². The Labute approximate surface area is 164 Å². The normalized spacial score (nSPS) is 13.0. The molecule has 4 rings (SSSR count). The third kappa shape index (κ3) is 3.81. The predicted molar refractivity (Wildman–Crippen MR) is 111 cm³/mol. The second kappa shape index (κ2) is 7.68. The number of aromatic nitrogens is 2. The van der Waals surface area contributed by atoms with Crippen LogP contribution in [0.5, 0.6) is 0 Å². The van der Waals surface area contributed by atoms with Crippen molar-refractivity contribution in [3.63, 3.8) is 0 Å². The summed E-state index contributed by atoms with van der Waals surface area (Å²) in [5.74, 6) is 0.530. The molecule has 1 N–H and O–H groups in total. The molecule has 1 aliphatic rings. The second-order valence-electron chi connectivity index (χ2n) is 7.10. The number of carbonyl (C=O) groups is 1. The number of nitrogens with zero attached hydrogens (tertiary/aromatic N) is 4. The van der Waals surface area contributed by atoms with Crippen LogP contribution in [0.25, 0.3) is 0 Å². The zero-order valence-corrected chi connectivity index (χ0v) is 16.1. The monoisotopic (exact) mass is 373 g/mol. The Morgan fingerprint density at radius 3 is 2.43 bits per heavy atom. The van der Waals surface area contributed by atoms with Crippen molar-refractivity contribution in [3.8, 4) is 0 Å². The van der Waals surface area contributed by atoms with E-state index in [0.717, 1.165) is 17.8 Å². The van der Waals surface area contributed by atoms with Gasteiger partial charge in [0.05, 0.1) is 12.4 Å². The molecule has 0 saturated carbocycles. The summed E-state index contributed by atoms with van der Waals surface area (Å²) in [5.41, 5.74) is 4.94. The Hall–Kier alpha value is -3.41. The summed E-state index contributed by atoms with van der Waals surface area (Å²) >= 11 is 0. The fourth-order valence-electron chi connectivity index (χ4n) is 3.32. The number of carbonyl (C=O) groups excluding carboxylic acids is 1. The number of nitrogens with one attached hydrogen (secondary N) is 1. The van der Waals surface area contributed by atoms with Gasteiger partial charge in [-0.1, -0.05) is 24.3 Å². The van der Waals surface area contributed by atoms with Gasteiger partial charge in [0, 0.05) is 38.6 Å². The van der Waals surface area contributed by atoms with Crippen molar-refractivity contribution in [3.05, 3.63) is 77.7 Å². The molecule has 0 fully saturated rings. The van der Waals surface area contributed by atoms with Gasteiger partial charge in [-0.05, 0) is 41.8 Å². The smallest absolute Gasteiger partial charge is 0.274 e. The molecule has 142 valence electrons. The maximum absolute atomic E-state index is 12.8. The lowest BCUT2D eigenvalue weighted by Crippen LogP contribution is -2.36. The van der Waals surface area contributed by atoms with Crippen LogP contribution in [0.3, 0.4) is 0 Å². The maximum Gasteiger partial charge on any atom is 0.274 e. The molecule has 28 heavy (non-hydrogen) atoms. The minimum absolute atomic E-state index is 0.0797. The van der Waals surface area contributed by atoms with Crippen molar-refractivity contribution in [1.29, 1.82) is 0 Å². The Kier molecular flexibility index (Phi) is 4.93. The van der Waals surface area contributed by atoms with E-state index in [1.807, 2.05) is 60.3 Å². The van der Waals surface area contributed by atoms with Crippen LogP contribution in [0.1, 0.15) is 21.6 Å². The van der Waals surface area contributed by atoms with Gasteiger partial charge in [0.1, 0.15) is 11.5 Å². The highest BCUT2D eigenvalue weighted by atomic mass is 16.2. The SMILES string of the molecule is CN(C)c1ccc(Nc2cnc(C(=O)N3CCc4ccccc4C3)cn2)cc1. The lowest BCUT2D eigenvalue weighted by atomic mass is 10.00. The van der Waals surface area contributed by atoms with Crippen LogP contribution in [-0.4, -0.2) is 41.4 Å². The van der Waals surface area contributed by atoms with Gasteiger partial charge in [-0.15, -0.1) is 0 Å². The minimum Gasteiger partial charge on any atom is -0.378 e. The molecule has 0 bridgehead atoms. The molecule has 6 heteroatoms. The van der Waals surface area contributed by atoms with Crippen molar-refractivity contribution >= 4 is 23.1 Å². The van der Waals surface area contributed by atoms with Gasteiger partial charge < -0.3 is 15.1 Å². The van der Waals surface area contributed by atoms with E-state index in [1.165, 1.54) is 11.1 Å². The number of hydrogen-bond acceptors (Lipinski definition) is 5. The molecule has 1 aromatic heterocycles. The molecule has 0 atom stereocenters. The van der Waals surface area contributed by atoms with Crippen molar-refractivity contribution in [2.75, 3.05) is 30.9 Å². The van der Waals surface area contributed by atoms with Crippen LogP contribution in [0, 0.1) is 0 Å². The fraction of sp³-hybridized carbons (Fsp3) is 0.227. The van der Waals surface area contributed by atoms with E-state index in [-0.39, 0.29) is 5.91 Å². The topological polar surface area (TPSA) is 61.4 Å². The third-order valence-electron chi connectivity index (χ3n) is 4.94. The third-order valence-corrected chi connectivity index (χ3v) is 4.94. The molecule has 0 radical (unpaired) electrons. The summed E-state index contributed by atoms with van der Waals surface area (Å²) in [4.78, 5) is 25.3. The first kappa shape index (κ1) is 18.0. The van der Waals surface area contributed by atoms with E-state index in [4.69, 9.17) is 0 Å². The number of amides is 1. The molecule has 2 heterocycles. The van der Waals surface area contributed by atoms with E-state index in [2.05, 4.69) is 27.4 Å². The fourth-order valence-corrected chi connectivity index (χ4v) is 3.32. The molecule has 0 saturated heterocycles. The first-order valence-electron chi connectivity index (χ1n) is 9.33. The van der Waals surface area contributed by atoms with Crippen LogP contribution < -0.4 is 10.2 Å². The molecule has 1 amide bonds. The molecule has 2 aromatic carbocycles.